The number of hydrogen-bond donors (Lipinski definition) is 1. The third-order valence-corrected chi connectivity index (χ3v) is 1.47. The summed E-state index contributed by atoms with van der Waals surface area (Å²) in [5.41, 5.74) is 0.935. The van der Waals surface area contributed by atoms with Crippen molar-refractivity contribution >= 4 is 12.0 Å². The van der Waals surface area contributed by atoms with E-state index in [1.165, 1.54) is 11.0 Å². The molecule has 64 valence electrons. The molecule has 0 aromatic carbocycles. The van der Waals surface area contributed by atoms with E-state index in [2.05, 4.69) is 4.98 Å². The molecule has 1 heterocycles. The molecule has 0 atom stereocenters. The predicted octanol–water partition coefficient (Wildman–Crippen LogP) is 1.12. The topological polar surface area (TPSA) is 36.1 Å². The van der Waals surface area contributed by atoms with Gasteiger partial charge in [-0.2, -0.15) is 0 Å². The monoisotopic (exact) mass is 164 g/mol. The number of hydrogen-bond acceptors (Lipinski definition) is 1. The van der Waals surface area contributed by atoms with E-state index < -0.39 is 0 Å². The molecule has 0 saturated carbocycles. The zero-order valence-electron chi connectivity index (χ0n) is 7.24. The van der Waals surface area contributed by atoms with Crippen LogP contribution in [0.3, 0.4) is 0 Å². The lowest BCUT2D eigenvalue weighted by Crippen LogP contribution is -2.18. The summed E-state index contributed by atoms with van der Waals surface area (Å²) in [6.07, 6.45) is 5.11. The van der Waals surface area contributed by atoms with Gasteiger partial charge in [-0.1, -0.05) is 0 Å². The highest BCUT2D eigenvalue weighted by atomic mass is 16.2. The average Bonchev–Trinajstić information content (AvgIpc) is 2.51. The van der Waals surface area contributed by atoms with E-state index in [1.54, 1.807) is 20.2 Å². The molecular formula is C9H12N2O. The van der Waals surface area contributed by atoms with Crippen LogP contribution in [0.1, 0.15) is 5.69 Å². The number of nitrogens with zero attached hydrogens (tertiary/aromatic N) is 1. The number of rotatable bonds is 2. The highest BCUT2D eigenvalue weighted by Crippen LogP contribution is 1.97. The van der Waals surface area contributed by atoms with Gasteiger partial charge in [0.1, 0.15) is 0 Å². The summed E-state index contributed by atoms with van der Waals surface area (Å²) in [4.78, 5) is 15.6. The number of carbonyl (C=O) groups excluding carboxylic acids is 1. The van der Waals surface area contributed by atoms with Gasteiger partial charge in [0.25, 0.3) is 0 Å². The fourth-order valence-corrected chi connectivity index (χ4v) is 0.758. The fourth-order valence-electron chi connectivity index (χ4n) is 0.758. The normalized spacial score (nSPS) is 10.5. The highest BCUT2D eigenvalue weighted by molar-refractivity contribution is 5.91. The molecule has 1 aromatic rings. The van der Waals surface area contributed by atoms with Crippen molar-refractivity contribution in [3.8, 4) is 0 Å². The van der Waals surface area contributed by atoms with Crippen LogP contribution in [0, 0.1) is 0 Å². The fraction of sp³-hybridized carbons (Fsp3) is 0.222. The van der Waals surface area contributed by atoms with Crippen molar-refractivity contribution in [2.24, 2.45) is 0 Å². The van der Waals surface area contributed by atoms with Crippen LogP contribution in [0.4, 0.5) is 0 Å². The molecule has 3 nitrogen and oxygen atoms in total. The van der Waals surface area contributed by atoms with Crippen molar-refractivity contribution < 1.29 is 4.79 Å². The first-order valence-corrected chi connectivity index (χ1v) is 3.73. The SMILES string of the molecule is CN(C)C(=O)/C=C/c1ccc[nH]1. The number of nitrogens with one attached hydrogen (secondary N) is 1. The summed E-state index contributed by atoms with van der Waals surface area (Å²) in [7, 11) is 3.45. The molecule has 0 aliphatic rings. The molecule has 1 N–H and O–H groups in total. The van der Waals surface area contributed by atoms with E-state index in [9.17, 15) is 4.79 Å². The molecule has 0 unspecified atom stereocenters. The van der Waals surface area contributed by atoms with Gasteiger partial charge >= 0.3 is 0 Å². The molecule has 0 fully saturated rings. The second-order valence-electron chi connectivity index (χ2n) is 2.69. The van der Waals surface area contributed by atoms with Crippen molar-refractivity contribution in [2.75, 3.05) is 14.1 Å². The van der Waals surface area contributed by atoms with Gasteiger partial charge < -0.3 is 9.88 Å². The van der Waals surface area contributed by atoms with E-state index in [-0.39, 0.29) is 5.91 Å². The lowest BCUT2D eigenvalue weighted by molar-refractivity contribution is -0.123. The van der Waals surface area contributed by atoms with Crippen LogP contribution in [-0.4, -0.2) is 29.9 Å². The van der Waals surface area contributed by atoms with Gasteiger partial charge in [-0.25, -0.2) is 0 Å². The third kappa shape index (κ3) is 2.27. The molecule has 1 aromatic heterocycles. The summed E-state index contributed by atoms with van der Waals surface area (Å²) in [6.45, 7) is 0. The maximum atomic E-state index is 11.1. The van der Waals surface area contributed by atoms with Gasteiger partial charge in [0.2, 0.25) is 5.91 Å². The number of carbonyl (C=O) groups is 1. The van der Waals surface area contributed by atoms with Crippen molar-refractivity contribution in [1.29, 1.82) is 0 Å². The molecule has 0 bridgehead atoms. The van der Waals surface area contributed by atoms with Crippen LogP contribution in [0.2, 0.25) is 0 Å². The number of likely N-dealkylation sites (N-methyl/N-ethyl adjacent to an activating group) is 1. The molecule has 1 rings (SSSR count). The minimum atomic E-state index is -0.00963. The Bertz CT molecular complexity index is 273. The molecule has 0 radical (unpaired) electrons. The van der Waals surface area contributed by atoms with Crippen molar-refractivity contribution in [3.63, 3.8) is 0 Å². The van der Waals surface area contributed by atoms with E-state index >= 15 is 0 Å². The van der Waals surface area contributed by atoms with E-state index in [4.69, 9.17) is 0 Å². The Kier molecular flexibility index (Phi) is 2.69. The number of H-pyrrole nitrogens is 1. The van der Waals surface area contributed by atoms with Crippen LogP contribution in [0.25, 0.3) is 6.08 Å². The van der Waals surface area contributed by atoms with Crippen LogP contribution < -0.4 is 0 Å². The lowest BCUT2D eigenvalue weighted by atomic mass is 10.3. The van der Waals surface area contributed by atoms with Crippen molar-refractivity contribution in [3.05, 3.63) is 30.1 Å². The number of amides is 1. The molecular weight excluding hydrogens is 152 g/mol. The Morgan fingerprint density at radius 2 is 2.33 bits per heavy atom. The molecule has 0 aliphatic heterocycles. The zero-order chi connectivity index (χ0) is 8.97. The molecule has 0 aliphatic carbocycles. The van der Waals surface area contributed by atoms with E-state index in [0.29, 0.717) is 0 Å². The minimum absolute atomic E-state index is 0.00963. The standard InChI is InChI=1S/C9H12N2O/c1-11(2)9(12)6-5-8-4-3-7-10-8/h3-7,10H,1-2H3/b6-5+. The lowest BCUT2D eigenvalue weighted by Gasteiger charge is -2.04. The third-order valence-electron chi connectivity index (χ3n) is 1.47. The maximum absolute atomic E-state index is 11.1. The Morgan fingerprint density at radius 1 is 1.58 bits per heavy atom. The summed E-state index contributed by atoms with van der Waals surface area (Å²) < 4.78 is 0. The zero-order valence-corrected chi connectivity index (χ0v) is 7.24. The molecule has 1 amide bonds. The summed E-state index contributed by atoms with van der Waals surface area (Å²) in [6, 6.07) is 3.79. The largest absolute Gasteiger partial charge is 0.362 e. The molecule has 0 spiro atoms. The summed E-state index contributed by atoms with van der Waals surface area (Å²) in [5, 5.41) is 0. The van der Waals surface area contributed by atoms with Crippen LogP contribution in [-0.2, 0) is 4.79 Å². The molecule has 3 heteroatoms. The average molecular weight is 164 g/mol. The van der Waals surface area contributed by atoms with E-state index in [1.807, 2.05) is 18.3 Å². The number of aromatic amines is 1. The second kappa shape index (κ2) is 3.76. The van der Waals surface area contributed by atoms with Crippen LogP contribution in [0.5, 0.6) is 0 Å². The quantitative estimate of drug-likeness (QED) is 0.653. The van der Waals surface area contributed by atoms with Gasteiger partial charge in [0.15, 0.2) is 0 Å². The van der Waals surface area contributed by atoms with Gasteiger partial charge in [-0.05, 0) is 18.2 Å². The summed E-state index contributed by atoms with van der Waals surface area (Å²) in [5.74, 6) is -0.00963. The van der Waals surface area contributed by atoms with Gasteiger partial charge in [0.05, 0.1) is 0 Å². The van der Waals surface area contributed by atoms with Crippen molar-refractivity contribution in [2.45, 2.75) is 0 Å². The number of aromatic nitrogens is 1. The molecule has 12 heavy (non-hydrogen) atoms. The predicted molar refractivity (Wildman–Crippen MR) is 48.5 cm³/mol. The first-order valence-electron chi connectivity index (χ1n) is 3.73. The van der Waals surface area contributed by atoms with Gasteiger partial charge in [-0.15, -0.1) is 0 Å². The Morgan fingerprint density at radius 3 is 2.83 bits per heavy atom. The minimum Gasteiger partial charge on any atom is -0.362 e. The van der Waals surface area contributed by atoms with Crippen LogP contribution >= 0.6 is 0 Å². The maximum Gasteiger partial charge on any atom is 0.246 e. The highest BCUT2D eigenvalue weighted by Gasteiger charge is 1.95. The van der Waals surface area contributed by atoms with Gasteiger partial charge in [-0.3, -0.25) is 4.79 Å². The van der Waals surface area contributed by atoms with Crippen molar-refractivity contribution in [1.82, 2.24) is 9.88 Å². The second-order valence-corrected chi connectivity index (χ2v) is 2.69. The first kappa shape index (κ1) is 8.59. The Balaban J connectivity index is 2.57. The molecule has 0 saturated heterocycles. The van der Waals surface area contributed by atoms with E-state index in [0.717, 1.165) is 5.69 Å². The Hall–Kier alpha value is -1.51. The smallest absolute Gasteiger partial charge is 0.246 e. The van der Waals surface area contributed by atoms with Gasteiger partial charge in [0, 0.05) is 32.1 Å². The Labute approximate surface area is 71.7 Å². The summed E-state index contributed by atoms with van der Waals surface area (Å²) >= 11 is 0. The first-order chi connectivity index (χ1) is 5.70. The van der Waals surface area contributed by atoms with Crippen LogP contribution in [0.15, 0.2) is 24.4 Å².